The number of hydrogen-bond donors (Lipinski definition) is 0. The Bertz CT molecular complexity index is 486. The molecule has 0 atom stereocenters. The largest absolute Gasteiger partial charge is 2.00 e. The fraction of sp³-hybridized carbons (Fsp3) is 0.200. The van der Waals surface area contributed by atoms with Crippen LogP contribution in [0.25, 0.3) is 11.1 Å². The summed E-state index contributed by atoms with van der Waals surface area (Å²) >= 11 is 0. The first-order chi connectivity index (χ1) is 7.16. The smallest absolute Gasteiger partial charge is 1.00 e. The predicted octanol–water partition coefficient (Wildman–Crippen LogP) is -5.29. The Morgan fingerprint density at radius 1 is 0.895 bits per heavy atom. The molecule has 2 aromatic carbocycles. The molecule has 19 heavy (non-hydrogen) atoms. The van der Waals surface area contributed by atoms with Crippen molar-refractivity contribution in [3.8, 4) is 11.1 Å². The van der Waals surface area contributed by atoms with E-state index in [0.29, 0.717) is 0 Å². The fourth-order valence-corrected chi connectivity index (χ4v) is 1.57. The molecule has 0 N–H and O–H groups in total. The predicted molar refractivity (Wildman–Crippen MR) is 70.7 cm³/mol. The average Bonchev–Trinajstić information content (AvgIpc) is 2.23. The van der Waals surface area contributed by atoms with Gasteiger partial charge in [0.2, 0.25) is 0 Å². The van der Waals surface area contributed by atoms with Crippen LogP contribution in [0.3, 0.4) is 0 Å². The topological polar surface area (TPSA) is 0 Å². The summed E-state index contributed by atoms with van der Waals surface area (Å²) in [6.07, 6.45) is 0. The number of halogens is 2. The normalized spacial score (nSPS) is 8.16. The van der Waals surface area contributed by atoms with E-state index in [1.807, 2.05) is 0 Å². The molecule has 0 fully saturated rings. The maximum Gasteiger partial charge on any atom is 2.00 e. The third-order valence-electron chi connectivity index (χ3n) is 2.79. The molecule has 0 spiro atoms. The van der Waals surface area contributed by atoms with Crippen molar-refractivity contribution in [1.82, 2.24) is 0 Å². The van der Waals surface area contributed by atoms with Gasteiger partial charge in [-0.15, -0.1) is 34.9 Å². The molecule has 0 heterocycles. The summed E-state index contributed by atoms with van der Waals surface area (Å²) in [5, 5.41) is 0. The first-order valence-electron chi connectivity index (χ1n) is 5.23. The van der Waals surface area contributed by atoms with Crippen molar-refractivity contribution in [1.29, 1.82) is 0 Å². The molecule has 2 rings (SSSR count). The van der Waals surface area contributed by atoms with E-state index in [4.69, 9.17) is 0 Å². The van der Waals surface area contributed by atoms with Crippen molar-refractivity contribution < 1.29 is 48.2 Å². The minimum Gasteiger partial charge on any atom is -1.00 e. The van der Waals surface area contributed by atoms with Crippen LogP contribution in [-0.4, -0.2) is 23.1 Å². The van der Waals surface area contributed by atoms with Crippen LogP contribution in [0.2, 0.25) is 0 Å². The van der Waals surface area contributed by atoms with Gasteiger partial charge in [-0.25, -0.2) is 0 Å². The third kappa shape index (κ3) is 6.71. The summed E-state index contributed by atoms with van der Waals surface area (Å²) in [6, 6.07) is 16.1. The van der Waals surface area contributed by atoms with Gasteiger partial charge in [0, 0.05) is 0 Å². The molecule has 2 aromatic rings. The molecular weight excluding hydrogens is 327 g/mol. The monoisotopic (exact) mass is 340 g/mol. The molecule has 0 unspecified atom stereocenters. The van der Waals surface area contributed by atoms with Gasteiger partial charge in [-0.1, -0.05) is 49.2 Å². The van der Waals surface area contributed by atoms with Crippen LogP contribution in [0.1, 0.15) is 16.7 Å². The van der Waals surface area contributed by atoms with E-state index in [1.165, 1.54) is 27.8 Å². The second-order valence-electron chi connectivity index (χ2n) is 4.08. The zero-order valence-electron chi connectivity index (χ0n) is 11.9. The van der Waals surface area contributed by atoms with Gasteiger partial charge in [0.1, 0.15) is 0 Å². The minimum absolute atomic E-state index is 0. The van der Waals surface area contributed by atoms with Crippen molar-refractivity contribution in [2.24, 2.45) is 0 Å². The van der Waals surface area contributed by atoms with E-state index in [9.17, 15) is 0 Å². The Morgan fingerprint density at radius 3 is 1.89 bits per heavy atom. The molecule has 0 bridgehead atoms. The number of benzene rings is 2. The zero-order chi connectivity index (χ0) is 10.8. The van der Waals surface area contributed by atoms with Gasteiger partial charge in [0.15, 0.2) is 0 Å². The minimum atomic E-state index is 0. The standard InChI is InChI=1S/C15H15.BrH.ClH.Li.Mg/c1-11-4-7-14(8-5-11)15-9-6-12(2)13(3)10-15;;;;/h4-8,10H,1-3H3;2*1H;;/q-1;;;+1;+2/p-2. The first-order valence-corrected chi connectivity index (χ1v) is 5.23. The Morgan fingerprint density at radius 2 is 1.42 bits per heavy atom. The second kappa shape index (κ2) is 11.3. The maximum absolute atomic E-state index is 3.31. The average molecular weight is 342 g/mol. The molecule has 92 valence electrons. The maximum atomic E-state index is 3.31. The van der Waals surface area contributed by atoms with Gasteiger partial charge in [0.25, 0.3) is 0 Å². The van der Waals surface area contributed by atoms with Gasteiger partial charge in [-0.3, -0.25) is 0 Å². The van der Waals surface area contributed by atoms with Crippen molar-refractivity contribution in [3.63, 3.8) is 0 Å². The molecule has 0 aliphatic heterocycles. The van der Waals surface area contributed by atoms with Gasteiger partial charge < -0.3 is 29.4 Å². The van der Waals surface area contributed by atoms with E-state index < -0.39 is 0 Å². The van der Waals surface area contributed by atoms with Crippen LogP contribution in [0.5, 0.6) is 0 Å². The van der Waals surface area contributed by atoms with Crippen LogP contribution in [0, 0.1) is 26.8 Å². The van der Waals surface area contributed by atoms with Crippen molar-refractivity contribution in [2.45, 2.75) is 20.8 Å². The van der Waals surface area contributed by atoms with E-state index in [1.54, 1.807) is 0 Å². The quantitative estimate of drug-likeness (QED) is 0.359. The van der Waals surface area contributed by atoms with E-state index in [-0.39, 0.29) is 71.3 Å². The Balaban J connectivity index is -0.000000640. The van der Waals surface area contributed by atoms with Crippen molar-refractivity contribution >= 4 is 23.1 Å². The van der Waals surface area contributed by atoms with Gasteiger partial charge in [-0.2, -0.15) is 0 Å². The Hall–Kier alpha value is 0.574. The summed E-state index contributed by atoms with van der Waals surface area (Å²) in [6.45, 7) is 6.36. The van der Waals surface area contributed by atoms with Gasteiger partial charge in [0.05, 0.1) is 0 Å². The SMILES string of the molecule is Cc1ccc(-c2[c-]cc(C)c(C)c2)cc1.[Br-].[Cl-].[Li+].[Mg+2]. The molecule has 0 aromatic heterocycles. The van der Waals surface area contributed by atoms with Crippen LogP contribution in [0.4, 0.5) is 0 Å². The summed E-state index contributed by atoms with van der Waals surface area (Å²) in [7, 11) is 0. The number of rotatable bonds is 1. The Kier molecular flexibility index (Phi) is 14.6. The Labute approximate surface area is 161 Å². The van der Waals surface area contributed by atoms with E-state index in [0.717, 1.165) is 0 Å². The van der Waals surface area contributed by atoms with E-state index in [2.05, 4.69) is 63.2 Å². The summed E-state index contributed by atoms with van der Waals surface area (Å²) in [4.78, 5) is 0. The molecule has 0 aliphatic carbocycles. The second-order valence-corrected chi connectivity index (χ2v) is 4.08. The van der Waals surface area contributed by atoms with Crippen molar-refractivity contribution in [2.75, 3.05) is 0 Å². The number of aryl methyl sites for hydroxylation is 3. The van der Waals surface area contributed by atoms with Gasteiger partial charge >= 0.3 is 41.9 Å². The third-order valence-corrected chi connectivity index (χ3v) is 2.79. The molecule has 0 saturated carbocycles. The van der Waals surface area contributed by atoms with Gasteiger partial charge in [-0.05, 0) is 6.92 Å². The molecule has 0 nitrogen and oxygen atoms in total. The molecular formula is C15H15BrClLiMg. The molecule has 0 amide bonds. The van der Waals surface area contributed by atoms with Crippen LogP contribution in [-0.2, 0) is 0 Å². The summed E-state index contributed by atoms with van der Waals surface area (Å²) < 4.78 is 0. The van der Waals surface area contributed by atoms with E-state index >= 15 is 0 Å². The van der Waals surface area contributed by atoms with Crippen LogP contribution >= 0.6 is 0 Å². The summed E-state index contributed by atoms with van der Waals surface area (Å²) in [5.41, 5.74) is 6.33. The molecule has 0 aliphatic rings. The van der Waals surface area contributed by atoms with Crippen LogP contribution in [0.15, 0.2) is 36.4 Å². The molecule has 0 saturated heterocycles. The molecule has 4 heteroatoms. The molecule has 0 radical (unpaired) electrons. The van der Waals surface area contributed by atoms with Crippen LogP contribution < -0.4 is 48.2 Å². The first kappa shape index (κ1) is 24.6. The zero-order valence-corrected chi connectivity index (χ0v) is 15.7. The fourth-order valence-electron chi connectivity index (χ4n) is 1.57. The number of hydrogen-bond acceptors (Lipinski definition) is 0. The van der Waals surface area contributed by atoms with Crippen molar-refractivity contribution in [3.05, 3.63) is 59.2 Å². The summed E-state index contributed by atoms with van der Waals surface area (Å²) in [5.74, 6) is 0.